The minimum absolute atomic E-state index is 0.00898. The average molecular weight is 369 g/mol. The predicted octanol–water partition coefficient (Wildman–Crippen LogP) is 4.04. The van der Waals surface area contributed by atoms with Crippen molar-refractivity contribution >= 4 is 27.3 Å². The molecular formula is C16H21BrN2OS. The quantitative estimate of drug-likeness (QED) is 0.835. The third kappa shape index (κ3) is 4.07. The molecule has 1 heterocycles. The van der Waals surface area contributed by atoms with Crippen molar-refractivity contribution in [2.24, 2.45) is 5.73 Å². The smallest absolute Gasteiger partial charge is 0.123 e. The van der Waals surface area contributed by atoms with Gasteiger partial charge in [-0.05, 0) is 42.0 Å². The van der Waals surface area contributed by atoms with E-state index in [4.69, 9.17) is 10.5 Å². The monoisotopic (exact) mass is 368 g/mol. The van der Waals surface area contributed by atoms with Crippen molar-refractivity contribution in [3.05, 3.63) is 50.6 Å². The zero-order chi connectivity index (χ0) is 15.4. The highest BCUT2D eigenvalue weighted by Crippen LogP contribution is 2.32. The lowest BCUT2D eigenvalue weighted by Gasteiger charge is -2.32. The summed E-state index contributed by atoms with van der Waals surface area (Å²) >= 11 is 5.25. The topological polar surface area (TPSA) is 38.5 Å². The maximum Gasteiger partial charge on any atom is 0.123 e. The number of benzene rings is 1. The van der Waals surface area contributed by atoms with Gasteiger partial charge in [-0.3, -0.25) is 4.90 Å². The number of halogens is 1. The molecule has 0 aliphatic heterocycles. The fourth-order valence-electron chi connectivity index (χ4n) is 2.61. The number of hydrogen-bond donors (Lipinski definition) is 1. The number of para-hydroxylation sites is 1. The fourth-order valence-corrected chi connectivity index (χ4v) is 4.13. The Morgan fingerprint density at radius 2 is 2.10 bits per heavy atom. The maximum atomic E-state index is 6.25. The van der Waals surface area contributed by atoms with E-state index in [0.717, 1.165) is 22.3 Å². The molecule has 0 saturated heterocycles. The standard InChI is InChI=1S/C16H21BrN2OS/c1-11(18)16(14-6-4-5-7-15(14)20-3)19(2)9-13-8-12(17)10-21-13/h4-8,10-11,16H,9,18H2,1-3H3. The Balaban J connectivity index is 2.25. The van der Waals surface area contributed by atoms with E-state index in [-0.39, 0.29) is 12.1 Å². The van der Waals surface area contributed by atoms with Crippen LogP contribution in [0.25, 0.3) is 0 Å². The molecule has 5 heteroatoms. The van der Waals surface area contributed by atoms with Crippen LogP contribution in [-0.4, -0.2) is 25.1 Å². The second kappa shape index (κ2) is 7.40. The number of nitrogens with two attached hydrogens (primary N) is 1. The van der Waals surface area contributed by atoms with Crippen molar-refractivity contribution in [1.82, 2.24) is 4.90 Å². The summed E-state index contributed by atoms with van der Waals surface area (Å²) in [6.07, 6.45) is 0. The lowest BCUT2D eigenvalue weighted by molar-refractivity contribution is 0.208. The van der Waals surface area contributed by atoms with Crippen molar-refractivity contribution in [2.45, 2.75) is 25.6 Å². The minimum Gasteiger partial charge on any atom is -0.496 e. The van der Waals surface area contributed by atoms with Crippen LogP contribution >= 0.6 is 27.3 Å². The van der Waals surface area contributed by atoms with Gasteiger partial charge in [-0.15, -0.1) is 11.3 Å². The SMILES string of the molecule is COc1ccccc1C(C(C)N)N(C)Cc1cc(Br)cs1. The Kier molecular flexibility index (Phi) is 5.81. The molecule has 2 rings (SSSR count). The van der Waals surface area contributed by atoms with E-state index in [1.165, 1.54) is 4.88 Å². The van der Waals surface area contributed by atoms with Gasteiger partial charge in [0, 0.05) is 32.9 Å². The molecule has 0 aliphatic carbocycles. The molecule has 2 atom stereocenters. The zero-order valence-corrected chi connectivity index (χ0v) is 14.9. The summed E-state index contributed by atoms with van der Waals surface area (Å²) in [4.78, 5) is 3.59. The van der Waals surface area contributed by atoms with Gasteiger partial charge >= 0.3 is 0 Å². The molecule has 2 N–H and O–H groups in total. The van der Waals surface area contributed by atoms with E-state index in [9.17, 15) is 0 Å². The summed E-state index contributed by atoms with van der Waals surface area (Å²) in [5, 5.41) is 2.10. The largest absolute Gasteiger partial charge is 0.496 e. The van der Waals surface area contributed by atoms with E-state index in [2.05, 4.69) is 45.4 Å². The van der Waals surface area contributed by atoms with Crippen molar-refractivity contribution < 1.29 is 4.74 Å². The van der Waals surface area contributed by atoms with Gasteiger partial charge < -0.3 is 10.5 Å². The molecule has 0 spiro atoms. The first-order chi connectivity index (χ1) is 10.0. The predicted molar refractivity (Wildman–Crippen MR) is 92.9 cm³/mol. The van der Waals surface area contributed by atoms with Gasteiger partial charge in [0.1, 0.15) is 5.75 Å². The van der Waals surface area contributed by atoms with E-state index in [1.54, 1.807) is 18.4 Å². The number of methoxy groups -OCH3 is 1. The van der Waals surface area contributed by atoms with Crippen LogP contribution in [0.5, 0.6) is 5.75 Å². The zero-order valence-electron chi connectivity index (χ0n) is 12.5. The molecule has 3 nitrogen and oxygen atoms in total. The van der Waals surface area contributed by atoms with Crippen LogP contribution < -0.4 is 10.5 Å². The molecule has 0 fully saturated rings. The number of nitrogens with zero attached hydrogens (tertiary/aromatic N) is 1. The van der Waals surface area contributed by atoms with Gasteiger partial charge in [0.15, 0.2) is 0 Å². The third-order valence-electron chi connectivity index (χ3n) is 3.46. The van der Waals surface area contributed by atoms with Crippen molar-refractivity contribution in [3.63, 3.8) is 0 Å². The molecular weight excluding hydrogens is 348 g/mol. The van der Waals surface area contributed by atoms with Gasteiger partial charge in [-0.2, -0.15) is 0 Å². The van der Waals surface area contributed by atoms with Crippen LogP contribution in [0, 0.1) is 0 Å². The summed E-state index contributed by atoms with van der Waals surface area (Å²) < 4.78 is 6.62. The first kappa shape index (κ1) is 16.5. The highest BCUT2D eigenvalue weighted by molar-refractivity contribution is 9.10. The first-order valence-electron chi connectivity index (χ1n) is 6.84. The molecule has 2 aromatic rings. The summed E-state index contributed by atoms with van der Waals surface area (Å²) in [6, 6.07) is 10.4. The minimum atomic E-state index is 0.00898. The summed E-state index contributed by atoms with van der Waals surface area (Å²) in [7, 11) is 3.81. The maximum absolute atomic E-state index is 6.25. The summed E-state index contributed by atoms with van der Waals surface area (Å²) in [5.41, 5.74) is 7.38. The van der Waals surface area contributed by atoms with Gasteiger partial charge in [0.25, 0.3) is 0 Å². The van der Waals surface area contributed by atoms with Gasteiger partial charge in [-0.1, -0.05) is 18.2 Å². The van der Waals surface area contributed by atoms with E-state index >= 15 is 0 Å². The highest BCUT2D eigenvalue weighted by atomic mass is 79.9. The first-order valence-corrected chi connectivity index (χ1v) is 8.52. The van der Waals surface area contributed by atoms with E-state index < -0.39 is 0 Å². The van der Waals surface area contributed by atoms with Crippen LogP contribution in [0.15, 0.2) is 40.2 Å². The average Bonchev–Trinajstić information content (AvgIpc) is 2.84. The molecule has 114 valence electrons. The van der Waals surface area contributed by atoms with Crippen LogP contribution in [0.1, 0.15) is 23.4 Å². The molecule has 0 radical (unpaired) electrons. The Hall–Kier alpha value is -0.880. The Morgan fingerprint density at radius 3 is 2.67 bits per heavy atom. The number of hydrogen-bond acceptors (Lipinski definition) is 4. The number of ether oxygens (including phenoxy) is 1. The molecule has 0 amide bonds. The Labute approximate surface area is 138 Å². The van der Waals surface area contributed by atoms with Crippen molar-refractivity contribution in [2.75, 3.05) is 14.2 Å². The van der Waals surface area contributed by atoms with Gasteiger partial charge in [0.05, 0.1) is 13.2 Å². The van der Waals surface area contributed by atoms with E-state index in [1.807, 2.05) is 25.1 Å². The fraction of sp³-hybridized carbons (Fsp3) is 0.375. The van der Waals surface area contributed by atoms with E-state index in [0.29, 0.717) is 0 Å². The van der Waals surface area contributed by atoms with Crippen LogP contribution in [0.3, 0.4) is 0 Å². The summed E-state index contributed by atoms with van der Waals surface area (Å²) in [6.45, 7) is 2.90. The Morgan fingerprint density at radius 1 is 1.38 bits per heavy atom. The molecule has 1 aromatic heterocycles. The van der Waals surface area contributed by atoms with Crippen LogP contribution in [0.2, 0.25) is 0 Å². The molecule has 0 aliphatic rings. The Bertz CT molecular complexity index is 585. The van der Waals surface area contributed by atoms with Crippen molar-refractivity contribution in [3.8, 4) is 5.75 Å². The third-order valence-corrected chi connectivity index (χ3v) is 5.14. The lowest BCUT2D eigenvalue weighted by Crippen LogP contribution is -2.37. The molecule has 1 aromatic carbocycles. The molecule has 0 bridgehead atoms. The second-order valence-corrected chi connectivity index (χ2v) is 7.10. The van der Waals surface area contributed by atoms with Crippen molar-refractivity contribution in [1.29, 1.82) is 0 Å². The summed E-state index contributed by atoms with van der Waals surface area (Å²) in [5.74, 6) is 0.888. The number of rotatable bonds is 6. The van der Waals surface area contributed by atoms with Crippen LogP contribution in [0.4, 0.5) is 0 Å². The normalized spacial score (nSPS) is 14.2. The second-order valence-electron chi connectivity index (χ2n) is 5.19. The van der Waals surface area contributed by atoms with Crippen LogP contribution in [-0.2, 0) is 6.54 Å². The molecule has 0 saturated carbocycles. The number of likely N-dealkylation sites (N-methyl/N-ethyl adjacent to an activating group) is 1. The van der Waals surface area contributed by atoms with Gasteiger partial charge in [0.2, 0.25) is 0 Å². The highest BCUT2D eigenvalue weighted by Gasteiger charge is 2.24. The lowest BCUT2D eigenvalue weighted by atomic mass is 9.98. The van der Waals surface area contributed by atoms with Gasteiger partial charge in [-0.25, -0.2) is 0 Å². The molecule has 21 heavy (non-hydrogen) atoms. The molecule has 2 unspecified atom stereocenters. The number of thiophene rings is 1.